The van der Waals surface area contributed by atoms with Crippen LogP contribution >= 0.6 is 11.6 Å². The van der Waals surface area contributed by atoms with Crippen LogP contribution in [-0.2, 0) is 5.88 Å². The number of benzene rings is 1. The van der Waals surface area contributed by atoms with Crippen LogP contribution in [0.15, 0.2) is 24.3 Å². The van der Waals surface area contributed by atoms with E-state index in [-0.39, 0.29) is 18.7 Å². The molecule has 0 bridgehead atoms. The first-order valence-electron chi connectivity index (χ1n) is 5.91. The predicted molar refractivity (Wildman–Crippen MR) is 72.4 cm³/mol. The molecule has 0 atom stereocenters. The molecule has 4 nitrogen and oxygen atoms in total. The second-order valence-corrected chi connectivity index (χ2v) is 4.21. The number of nitrogens with zero attached hydrogens (tertiary/aromatic N) is 3. The lowest BCUT2D eigenvalue weighted by Crippen LogP contribution is -2.32. The van der Waals surface area contributed by atoms with E-state index in [0.29, 0.717) is 24.5 Å². The van der Waals surface area contributed by atoms with Crippen LogP contribution in [-0.4, -0.2) is 23.9 Å². The standard InChI is InChI=1S/C14H14ClN3O/c15-11-12-3-5-13(6-4-12)14(19)18(9-1-7-16)10-2-8-17/h3-6H,1-2,9-11H2. The topological polar surface area (TPSA) is 67.9 Å². The summed E-state index contributed by atoms with van der Waals surface area (Å²) in [6.45, 7) is 0.683. The van der Waals surface area contributed by atoms with Gasteiger partial charge in [0.25, 0.3) is 5.91 Å². The van der Waals surface area contributed by atoms with E-state index in [2.05, 4.69) is 0 Å². The molecule has 0 spiro atoms. The maximum atomic E-state index is 12.2. The van der Waals surface area contributed by atoms with Crippen molar-refractivity contribution in [2.24, 2.45) is 0 Å². The molecule has 0 aliphatic carbocycles. The summed E-state index contributed by atoms with van der Waals surface area (Å²) in [5.41, 5.74) is 1.49. The molecule has 1 aromatic rings. The van der Waals surface area contributed by atoms with Gasteiger partial charge in [-0.15, -0.1) is 11.6 Å². The molecule has 1 aromatic carbocycles. The second kappa shape index (κ2) is 8.13. The third-order valence-corrected chi connectivity index (χ3v) is 2.94. The summed E-state index contributed by atoms with van der Waals surface area (Å²) >= 11 is 5.69. The number of rotatable bonds is 6. The van der Waals surface area contributed by atoms with E-state index in [1.165, 1.54) is 4.90 Å². The number of hydrogen-bond donors (Lipinski definition) is 0. The highest BCUT2D eigenvalue weighted by molar-refractivity contribution is 6.17. The zero-order chi connectivity index (χ0) is 14.1. The Hall–Kier alpha value is -2.04. The first-order chi connectivity index (χ1) is 9.22. The Balaban J connectivity index is 2.79. The Labute approximate surface area is 117 Å². The number of hydrogen-bond acceptors (Lipinski definition) is 3. The molecular weight excluding hydrogens is 262 g/mol. The van der Waals surface area contributed by atoms with Crippen LogP contribution in [0.1, 0.15) is 28.8 Å². The van der Waals surface area contributed by atoms with E-state index in [4.69, 9.17) is 22.1 Å². The highest BCUT2D eigenvalue weighted by Crippen LogP contribution is 2.10. The lowest BCUT2D eigenvalue weighted by atomic mass is 10.1. The van der Waals surface area contributed by atoms with Crippen LogP contribution < -0.4 is 0 Å². The Kier molecular flexibility index (Phi) is 6.43. The molecular formula is C14H14ClN3O. The van der Waals surface area contributed by atoms with Gasteiger partial charge in [-0.05, 0) is 17.7 Å². The Morgan fingerprint density at radius 2 is 1.63 bits per heavy atom. The first-order valence-corrected chi connectivity index (χ1v) is 6.44. The molecule has 0 saturated carbocycles. The number of halogens is 1. The van der Waals surface area contributed by atoms with Crippen molar-refractivity contribution in [3.63, 3.8) is 0 Å². The largest absolute Gasteiger partial charge is 0.337 e. The summed E-state index contributed by atoms with van der Waals surface area (Å²) in [5, 5.41) is 17.2. The minimum absolute atomic E-state index is 0.161. The van der Waals surface area contributed by atoms with Gasteiger partial charge in [-0.25, -0.2) is 0 Å². The molecule has 0 aliphatic heterocycles. The fourth-order valence-corrected chi connectivity index (χ4v) is 1.78. The quantitative estimate of drug-likeness (QED) is 0.750. The molecule has 19 heavy (non-hydrogen) atoms. The van der Waals surface area contributed by atoms with E-state index < -0.39 is 0 Å². The van der Waals surface area contributed by atoms with Gasteiger partial charge in [0, 0.05) is 24.5 Å². The van der Waals surface area contributed by atoms with E-state index in [9.17, 15) is 4.79 Å². The molecule has 0 saturated heterocycles. The van der Waals surface area contributed by atoms with Crippen molar-refractivity contribution < 1.29 is 4.79 Å². The maximum Gasteiger partial charge on any atom is 0.253 e. The normalized spacial score (nSPS) is 9.42. The van der Waals surface area contributed by atoms with Crippen molar-refractivity contribution in [1.82, 2.24) is 4.90 Å². The number of nitriles is 2. The van der Waals surface area contributed by atoms with Crippen LogP contribution in [0.2, 0.25) is 0 Å². The van der Waals surface area contributed by atoms with Gasteiger partial charge in [0.15, 0.2) is 0 Å². The fourth-order valence-electron chi connectivity index (χ4n) is 1.60. The highest BCUT2D eigenvalue weighted by atomic mass is 35.5. The molecule has 0 heterocycles. The van der Waals surface area contributed by atoms with Crippen LogP contribution in [0.25, 0.3) is 0 Å². The average molecular weight is 276 g/mol. The summed E-state index contributed by atoms with van der Waals surface area (Å²) < 4.78 is 0. The van der Waals surface area contributed by atoms with Crippen molar-refractivity contribution in [3.05, 3.63) is 35.4 Å². The maximum absolute atomic E-state index is 12.2. The number of amides is 1. The molecule has 1 amide bonds. The molecule has 0 unspecified atom stereocenters. The number of carbonyl (C=O) groups is 1. The third kappa shape index (κ3) is 4.62. The molecule has 0 aliphatic rings. The highest BCUT2D eigenvalue weighted by Gasteiger charge is 2.14. The summed E-state index contributed by atoms with van der Waals surface area (Å²) in [4.78, 5) is 13.8. The van der Waals surface area contributed by atoms with Gasteiger partial charge in [-0.2, -0.15) is 10.5 Å². The van der Waals surface area contributed by atoms with Gasteiger partial charge in [-0.1, -0.05) is 12.1 Å². The van der Waals surface area contributed by atoms with Gasteiger partial charge < -0.3 is 4.90 Å². The van der Waals surface area contributed by atoms with Crippen molar-refractivity contribution >= 4 is 17.5 Å². The van der Waals surface area contributed by atoms with Gasteiger partial charge in [0.1, 0.15) is 0 Å². The zero-order valence-corrected chi connectivity index (χ0v) is 11.2. The van der Waals surface area contributed by atoms with Crippen LogP contribution in [0.3, 0.4) is 0 Å². The van der Waals surface area contributed by atoms with Gasteiger partial charge in [-0.3, -0.25) is 4.79 Å². The summed E-state index contributed by atoms with van der Waals surface area (Å²) in [6, 6.07) is 11.0. The number of carbonyl (C=O) groups excluding carboxylic acids is 1. The molecule has 0 radical (unpaired) electrons. The fraction of sp³-hybridized carbons (Fsp3) is 0.357. The Bertz CT molecular complexity index is 481. The summed E-state index contributed by atoms with van der Waals surface area (Å²) in [7, 11) is 0. The minimum Gasteiger partial charge on any atom is -0.337 e. The van der Waals surface area contributed by atoms with E-state index in [1.54, 1.807) is 24.3 Å². The second-order valence-electron chi connectivity index (χ2n) is 3.94. The van der Waals surface area contributed by atoms with Crippen molar-refractivity contribution in [2.75, 3.05) is 13.1 Å². The van der Waals surface area contributed by atoms with Crippen molar-refractivity contribution in [1.29, 1.82) is 10.5 Å². The van der Waals surface area contributed by atoms with Gasteiger partial charge >= 0.3 is 0 Å². The minimum atomic E-state index is -0.161. The van der Waals surface area contributed by atoms with E-state index in [1.807, 2.05) is 12.1 Å². The smallest absolute Gasteiger partial charge is 0.253 e. The predicted octanol–water partition coefficient (Wildman–Crippen LogP) is 2.69. The van der Waals surface area contributed by atoms with Gasteiger partial charge in [0.2, 0.25) is 0 Å². The van der Waals surface area contributed by atoms with Gasteiger partial charge in [0.05, 0.1) is 25.0 Å². The lowest BCUT2D eigenvalue weighted by molar-refractivity contribution is 0.0762. The Morgan fingerprint density at radius 1 is 1.11 bits per heavy atom. The monoisotopic (exact) mass is 275 g/mol. The number of alkyl halides is 1. The van der Waals surface area contributed by atoms with E-state index >= 15 is 0 Å². The van der Waals surface area contributed by atoms with Crippen LogP contribution in [0.5, 0.6) is 0 Å². The van der Waals surface area contributed by atoms with Crippen molar-refractivity contribution in [2.45, 2.75) is 18.7 Å². The van der Waals surface area contributed by atoms with Crippen LogP contribution in [0, 0.1) is 22.7 Å². The molecule has 5 heteroatoms. The van der Waals surface area contributed by atoms with E-state index in [0.717, 1.165) is 5.56 Å². The lowest BCUT2D eigenvalue weighted by Gasteiger charge is -2.20. The Morgan fingerprint density at radius 3 is 2.05 bits per heavy atom. The molecule has 0 N–H and O–H groups in total. The first kappa shape index (κ1) is 15.0. The average Bonchev–Trinajstić information content (AvgIpc) is 2.47. The van der Waals surface area contributed by atoms with Crippen LogP contribution in [0.4, 0.5) is 0 Å². The summed E-state index contributed by atoms with van der Waals surface area (Å²) in [6.07, 6.45) is 0.522. The zero-order valence-electron chi connectivity index (χ0n) is 10.5. The molecule has 1 rings (SSSR count). The SMILES string of the molecule is N#CCCN(CCC#N)C(=O)c1ccc(CCl)cc1. The molecule has 98 valence electrons. The third-order valence-electron chi connectivity index (χ3n) is 2.63. The summed E-state index contributed by atoms with van der Waals surface area (Å²) in [5.74, 6) is 0.243. The van der Waals surface area contributed by atoms with Crippen molar-refractivity contribution in [3.8, 4) is 12.1 Å². The molecule has 0 fully saturated rings. The molecule has 0 aromatic heterocycles.